The van der Waals surface area contributed by atoms with Crippen molar-refractivity contribution in [3.8, 4) is 0 Å². The lowest BCUT2D eigenvalue weighted by molar-refractivity contribution is 0.0706. The van der Waals surface area contributed by atoms with Crippen molar-refractivity contribution in [2.45, 2.75) is 18.8 Å². The summed E-state index contributed by atoms with van der Waals surface area (Å²) in [5.41, 5.74) is 3.24. The van der Waals surface area contributed by atoms with Gasteiger partial charge in [-0.3, -0.25) is 4.79 Å². The second-order valence-electron chi connectivity index (χ2n) is 7.97. The molecule has 0 aliphatic carbocycles. The second-order valence-corrected chi connectivity index (χ2v) is 7.97. The number of amides is 1. The van der Waals surface area contributed by atoms with E-state index in [1.54, 1.807) is 18.3 Å². The Kier molecular flexibility index (Phi) is 6.11. The monoisotopic (exact) mass is 419 g/mol. The van der Waals surface area contributed by atoms with Crippen molar-refractivity contribution in [2.75, 3.05) is 37.4 Å². The van der Waals surface area contributed by atoms with Gasteiger partial charge in [0.15, 0.2) is 0 Å². The van der Waals surface area contributed by atoms with E-state index in [0.29, 0.717) is 23.7 Å². The number of halogens is 1. The number of benzene rings is 2. The summed E-state index contributed by atoms with van der Waals surface area (Å²) in [6.45, 7) is 1.36. The van der Waals surface area contributed by atoms with Crippen LogP contribution in [0.4, 0.5) is 21.7 Å². The quantitative estimate of drug-likeness (QED) is 0.662. The Bertz CT molecular complexity index is 1050. The Morgan fingerprint density at radius 3 is 2.71 bits per heavy atom. The Hall–Kier alpha value is -3.48. The molecule has 1 amide bonds. The third-order valence-corrected chi connectivity index (χ3v) is 5.52. The zero-order chi connectivity index (χ0) is 21.8. The highest BCUT2D eigenvalue weighted by molar-refractivity contribution is 5.94. The Morgan fingerprint density at radius 2 is 1.97 bits per heavy atom. The molecule has 1 N–H and O–H groups in total. The summed E-state index contributed by atoms with van der Waals surface area (Å²) < 4.78 is 13.4. The van der Waals surface area contributed by atoms with E-state index in [1.807, 2.05) is 54.2 Å². The second kappa shape index (κ2) is 9.12. The standard InChI is InChI=1S/C24H26FN5O/c1-29(2)21-10-8-17(9-11-21)23(31)30-14-4-5-18(16-30)22-12-13-26-24(28-22)27-20-7-3-6-19(25)15-20/h3,6-13,15,18H,4-5,14,16H2,1-2H3,(H,26,27,28). The number of carbonyl (C=O) groups is 1. The van der Waals surface area contributed by atoms with Gasteiger partial charge in [-0.25, -0.2) is 14.4 Å². The normalized spacial score (nSPS) is 16.1. The number of likely N-dealkylation sites (tertiary alicyclic amines) is 1. The molecule has 31 heavy (non-hydrogen) atoms. The molecule has 1 saturated heterocycles. The fourth-order valence-electron chi connectivity index (χ4n) is 3.84. The maximum Gasteiger partial charge on any atom is 0.253 e. The van der Waals surface area contributed by atoms with Crippen molar-refractivity contribution in [3.63, 3.8) is 0 Å². The molecule has 0 radical (unpaired) electrons. The van der Waals surface area contributed by atoms with Crippen LogP contribution in [-0.2, 0) is 0 Å². The van der Waals surface area contributed by atoms with Gasteiger partial charge in [0.25, 0.3) is 5.91 Å². The molecule has 3 aromatic rings. The van der Waals surface area contributed by atoms with E-state index < -0.39 is 0 Å². The number of hydrogen-bond donors (Lipinski definition) is 1. The molecule has 160 valence electrons. The summed E-state index contributed by atoms with van der Waals surface area (Å²) in [5, 5.41) is 3.05. The third kappa shape index (κ3) is 4.99. The SMILES string of the molecule is CN(C)c1ccc(C(=O)N2CCCC(c3ccnc(Nc4cccc(F)c4)n3)C2)cc1. The van der Waals surface area contributed by atoms with Crippen molar-refractivity contribution in [1.29, 1.82) is 0 Å². The molecule has 0 saturated carbocycles. The number of nitrogens with zero attached hydrogens (tertiary/aromatic N) is 4. The average molecular weight is 420 g/mol. The summed E-state index contributed by atoms with van der Waals surface area (Å²) in [7, 11) is 3.95. The van der Waals surface area contributed by atoms with Crippen LogP contribution in [-0.4, -0.2) is 48.0 Å². The minimum atomic E-state index is -0.318. The topological polar surface area (TPSA) is 61.4 Å². The molecular weight excluding hydrogens is 393 g/mol. The lowest BCUT2D eigenvalue weighted by Gasteiger charge is -2.32. The minimum Gasteiger partial charge on any atom is -0.378 e. The first-order valence-electron chi connectivity index (χ1n) is 10.4. The van der Waals surface area contributed by atoms with Crippen molar-refractivity contribution < 1.29 is 9.18 Å². The van der Waals surface area contributed by atoms with E-state index in [-0.39, 0.29) is 17.6 Å². The van der Waals surface area contributed by atoms with E-state index in [4.69, 9.17) is 0 Å². The molecule has 1 unspecified atom stereocenters. The molecular formula is C24H26FN5O. The summed E-state index contributed by atoms with van der Waals surface area (Å²) >= 11 is 0. The fourth-order valence-corrected chi connectivity index (χ4v) is 3.84. The van der Waals surface area contributed by atoms with Gasteiger partial charge in [0.1, 0.15) is 5.82 Å². The predicted molar refractivity (Wildman–Crippen MR) is 120 cm³/mol. The van der Waals surface area contributed by atoms with Crippen LogP contribution < -0.4 is 10.2 Å². The van der Waals surface area contributed by atoms with E-state index in [1.165, 1.54) is 12.1 Å². The highest BCUT2D eigenvalue weighted by Gasteiger charge is 2.26. The molecule has 2 heterocycles. The molecule has 1 aliphatic heterocycles. The Morgan fingerprint density at radius 1 is 1.16 bits per heavy atom. The lowest BCUT2D eigenvalue weighted by atomic mass is 9.94. The van der Waals surface area contributed by atoms with E-state index in [9.17, 15) is 9.18 Å². The molecule has 6 nitrogen and oxygen atoms in total. The van der Waals surface area contributed by atoms with Crippen LogP contribution in [0.15, 0.2) is 60.8 Å². The highest BCUT2D eigenvalue weighted by Crippen LogP contribution is 2.27. The van der Waals surface area contributed by atoms with Crippen molar-refractivity contribution in [1.82, 2.24) is 14.9 Å². The molecule has 7 heteroatoms. The summed E-state index contributed by atoms with van der Waals surface area (Å²) in [6, 6.07) is 15.8. The first-order valence-corrected chi connectivity index (χ1v) is 10.4. The summed E-state index contributed by atoms with van der Waals surface area (Å²) in [6.07, 6.45) is 3.58. The van der Waals surface area contributed by atoms with Crippen LogP contribution in [0.5, 0.6) is 0 Å². The smallest absolute Gasteiger partial charge is 0.253 e. The number of hydrogen-bond acceptors (Lipinski definition) is 5. The first kappa shape index (κ1) is 20.8. The molecule has 1 atom stereocenters. The lowest BCUT2D eigenvalue weighted by Crippen LogP contribution is -2.39. The molecule has 0 bridgehead atoms. The van der Waals surface area contributed by atoms with Gasteiger partial charge in [-0.1, -0.05) is 6.07 Å². The number of piperidine rings is 1. The number of aromatic nitrogens is 2. The van der Waals surface area contributed by atoms with E-state index >= 15 is 0 Å². The zero-order valence-electron chi connectivity index (χ0n) is 17.8. The fraction of sp³-hybridized carbons (Fsp3) is 0.292. The zero-order valence-corrected chi connectivity index (χ0v) is 17.8. The summed E-state index contributed by atoms with van der Waals surface area (Å²) in [5.74, 6) is 0.281. The number of anilines is 3. The Labute approximate surface area is 181 Å². The van der Waals surface area contributed by atoms with Crippen molar-refractivity contribution in [3.05, 3.63) is 77.9 Å². The van der Waals surface area contributed by atoms with Gasteiger partial charge in [-0.2, -0.15) is 0 Å². The third-order valence-electron chi connectivity index (χ3n) is 5.52. The van der Waals surface area contributed by atoms with Gasteiger partial charge < -0.3 is 15.1 Å². The predicted octanol–water partition coefficient (Wildman–Crippen LogP) is 4.45. The van der Waals surface area contributed by atoms with Crippen molar-refractivity contribution >= 4 is 23.2 Å². The van der Waals surface area contributed by atoms with Gasteiger partial charge in [0, 0.05) is 56.2 Å². The maximum absolute atomic E-state index is 13.4. The first-order chi connectivity index (χ1) is 15.0. The molecule has 4 rings (SSSR count). The highest BCUT2D eigenvalue weighted by atomic mass is 19.1. The molecule has 1 aromatic heterocycles. The summed E-state index contributed by atoms with van der Waals surface area (Å²) in [4.78, 5) is 25.8. The van der Waals surface area contributed by atoms with Crippen LogP contribution >= 0.6 is 0 Å². The molecule has 2 aromatic carbocycles. The van der Waals surface area contributed by atoms with Crippen LogP contribution in [0.25, 0.3) is 0 Å². The van der Waals surface area contributed by atoms with Crippen LogP contribution in [0, 0.1) is 5.82 Å². The Balaban J connectivity index is 1.46. The minimum absolute atomic E-state index is 0.0437. The molecule has 1 aliphatic rings. The van der Waals surface area contributed by atoms with Crippen LogP contribution in [0.2, 0.25) is 0 Å². The molecule has 0 spiro atoms. The van der Waals surface area contributed by atoms with Crippen LogP contribution in [0.1, 0.15) is 34.8 Å². The van der Waals surface area contributed by atoms with E-state index in [0.717, 1.165) is 30.8 Å². The number of carbonyl (C=O) groups excluding carboxylic acids is 1. The molecule has 1 fully saturated rings. The number of rotatable bonds is 5. The van der Waals surface area contributed by atoms with Gasteiger partial charge >= 0.3 is 0 Å². The van der Waals surface area contributed by atoms with Crippen molar-refractivity contribution in [2.24, 2.45) is 0 Å². The average Bonchev–Trinajstić information content (AvgIpc) is 2.79. The van der Waals surface area contributed by atoms with Gasteiger partial charge in [-0.05, 0) is 61.4 Å². The largest absolute Gasteiger partial charge is 0.378 e. The number of nitrogens with one attached hydrogen (secondary N) is 1. The van der Waals surface area contributed by atoms with E-state index in [2.05, 4.69) is 15.3 Å². The van der Waals surface area contributed by atoms with Gasteiger partial charge in [0.05, 0.1) is 5.69 Å². The van der Waals surface area contributed by atoms with Gasteiger partial charge in [-0.15, -0.1) is 0 Å². The van der Waals surface area contributed by atoms with Gasteiger partial charge in [0.2, 0.25) is 5.95 Å². The maximum atomic E-state index is 13.4. The van der Waals surface area contributed by atoms with Crippen LogP contribution in [0.3, 0.4) is 0 Å².